The highest BCUT2D eigenvalue weighted by Crippen LogP contribution is 2.20. The van der Waals surface area contributed by atoms with E-state index >= 15 is 0 Å². The first-order valence-corrected chi connectivity index (χ1v) is 7.86. The molecular formula is C16H27ClN2O3. The van der Waals surface area contributed by atoms with Gasteiger partial charge in [0.1, 0.15) is 5.76 Å². The minimum atomic E-state index is -0.00166. The lowest BCUT2D eigenvalue weighted by molar-refractivity contribution is 0.00760. The minimum Gasteiger partial charge on any atom is -0.456 e. The first kappa shape index (κ1) is 19.0. The summed E-state index contributed by atoms with van der Waals surface area (Å²) in [4.78, 5) is 14.3. The molecule has 1 aromatic rings. The summed E-state index contributed by atoms with van der Waals surface area (Å²) in [5.74, 6) is 1.36. The van der Waals surface area contributed by atoms with E-state index in [0.29, 0.717) is 18.9 Å². The Labute approximate surface area is 138 Å². The highest BCUT2D eigenvalue weighted by atomic mass is 35.5. The lowest BCUT2D eigenvalue weighted by Crippen LogP contribution is -2.40. The van der Waals surface area contributed by atoms with E-state index in [2.05, 4.69) is 0 Å². The van der Waals surface area contributed by atoms with Gasteiger partial charge in [0.15, 0.2) is 5.76 Å². The van der Waals surface area contributed by atoms with Crippen LogP contribution in [0, 0.1) is 6.92 Å². The van der Waals surface area contributed by atoms with E-state index in [1.54, 1.807) is 0 Å². The standard InChI is InChI=1S/C16H26N2O3.ClH/c1-3-14-12(2)11-15(21-14)16(19)18-8-5-13(6-9-18)20-10-4-7-17;/h11,13H,3-10,17H2,1-2H3;1H. The number of rotatable bonds is 6. The van der Waals surface area contributed by atoms with E-state index < -0.39 is 0 Å². The van der Waals surface area contributed by atoms with E-state index in [-0.39, 0.29) is 24.4 Å². The molecule has 0 aromatic carbocycles. The van der Waals surface area contributed by atoms with Crippen LogP contribution in [0.2, 0.25) is 0 Å². The monoisotopic (exact) mass is 330 g/mol. The molecule has 1 aromatic heterocycles. The zero-order valence-corrected chi connectivity index (χ0v) is 14.3. The van der Waals surface area contributed by atoms with Crippen LogP contribution in [0.4, 0.5) is 0 Å². The number of ether oxygens (including phenoxy) is 1. The number of halogens is 1. The molecule has 0 unspecified atom stereocenters. The van der Waals surface area contributed by atoms with Gasteiger partial charge in [-0.25, -0.2) is 0 Å². The fourth-order valence-corrected chi connectivity index (χ4v) is 2.69. The summed E-state index contributed by atoms with van der Waals surface area (Å²) in [5.41, 5.74) is 6.51. The molecule has 1 amide bonds. The molecule has 0 atom stereocenters. The molecule has 1 aliphatic heterocycles. The number of amides is 1. The molecule has 22 heavy (non-hydrogen) atoms. The van der Waals surface area contributed by atoms with Gasteiger partial charge >= 0.3 is 0 Å². The van der Waals surface area contributed by atoms with Crippen LogP contribution in [0.15, 0.2) is 10.5 Å². The molecule has 0 spiro atoms. The fraction of sp³-hybridized carbons (Fsp3) is 0.688. The lowest BCUT2D eigenvalue weighted by atomic mass is 10.1. The van der Waals surface area contributed by atoms with Gasteiger partial charge in [-0.15, -0.1) is 12.4 Å². The maximum Gasteiger partial charge on any atom is 0.289 e. The molecule has 6 heteroatoms. The van der Waals surface area contributed by atoms with Gasteiger partial charge in [-0.2, -0.15) is 0 Å². The average molecular weight is 331 g/mol. The van der Waals surface area contributed by atoms with Crippen LogP contribution in [0.3, 0.4) is 0 Å². The summed E-state index contributed by atoms with van der Waals surface area (Å²) >= 11 is 0. The Hall–Kier alpha value is -1.04. The summed E-state index contributed by atoms with van der Waals surface area (Å²) in [6.07, 6.45) is 3.73. The Morgan fingerprint density at radius 2 is 2.14 bits per heavy atom. The van der Waals surface area contributed by atoms with Crippen LogP contribution in [0.5, 0.6) is 0 Å². The SMILES string of the molecule is CCc1oc(C(=O)N2CCC(OCCCN)CC2)cc1C.Cl. The van der Waals surface area contributed by atoms with Crippen molar-refractivity contribution in [2.75, 3.05) is 26.2 Å². The van der Waals surface area contributed by atoms with Crippen molar-refractivity contribution in [3.05, 3.63) is 23.2 Å². The number of hydrogen-bond donors (Lipinski definition) is 1. The largest absolute Gasteiger partial charge is 0.456 e. The normalized spacial score (nSPS) is 15.7. The van der Waals surface area contributed by atoms with Crippen molar-refractivity contribution in [3.8, 4) is 0 Å². The molecule has 0 bridgehead atoms. The Balaban J connectivity index is 0.00000242. The van der Waals surface area contributed by atoms with Crippen LogP contribution in [-0.4, -0.2) is 43.2 Å². The van der Waals surface area contributed by atoms with Gasteiger partial charge in [0.25, 0.3) is 5.91 Å². The number of carbonyl (C=O) groups is 1. The molecule has 2 rings (SSSR count). The van der Waals surface area contributed by atoms with Crippen LogP contribution in [0.25, 0.3) is 0 Å². The average Bonchev–Trinajstić information content (AvgIpc) is 2.88. The van der Waals surface area contributed by atoms with E-state index in [0.717, 1.165) is 50.1 Å². The second-order valence-electron chi connectivity index (χ2n) is 5.57. The molecule has 1 saturated heterocycles. The zero-order valence-electron chi connectivity index (χ0n) is 13.5. The van der Waals surface area contributed by atoms with Gasteiger partial charge < -0.3 is 19.8 Å². The van der Waals surface area contributed by atoms with Gasteiger partial charge in [0.2, 0.25) is 0 Å². The van der Waals surface area contributed by atoms with E-state index in [9.17, 15) is 4.79 Å². The Morgan fingerprint density at radius 3 is 2.68 bits per heavy atom. The number of likely N-dealkylation sites (tertiary alicyclic amines) is 1. The molecule has 2 heterocycles. The van der Waals surface area contributed by atoms with Gasteiger partial charge in [0, 0.05) is 26.1 Å². The number of aryl methyl sites for hydroxylation is 2. The number of furan rings is 1. The number of nitrogens with zero attached hydrogens (tertiary/aromatic N) is 1. The molecule has 126 valence electrons. The first-order valence-electron chi connectivity index (χ1n) is 7.86. The van der Waals surface area contributed by atoms with E-state index in [1.165, 1.54) is 0 Å². The topological polar surface area (TPSA) is 68.7 Å². The van der Waals surface area contributed by atoms with E-state index in [1.807, 2.05) is 24.8 Å². The van der Waals surface area contributed by atoms with Crippen molar-refractivity contribution in [1.82, 2.24) is 4.90 Å². The lowest BCUT2D eigenvalue weighted by Gasteiger charge is -2.31. The quantitative estimate of drug-likeness (QED) is 0.814. The van der Waals surface area contributed by atoms with Gasteiger partial charge in [-0.05, 0) is 44.4 Å². The predicted molar refractivity (Wildman–Crippen MR) is 88.6 cm³/mol. The van der Waals surface area contributed by atoms with Crippen molar-refractivity contribution in [1.29, 1.82) is 0 Å². The molecule has 5 nitrogen and oxygen atoms in total. The van der Waals surface area contributed by atoms with Crippen molar-refractivity contribution >= 4 is 18.3 Å². The number of nitrogens with two attached hydrogens (primary N) is 1. The van der Waals surface area contributed by atoms with Crippen LogP contribution < -0.4 is 5.73 Å². The molecular weight excluding hydrogens is 304 g/mol. The maximum atomic E-state index is 12.4. The third-order valence-electron chi connectivity index (χ3n) is 3.98. The highest BCUT2D eigenvalue weighted by molar-refractivity contribution is 5.91. The number of piperidine rings is 1. The van der Waals surface area contributed by atoms with Crippen molar-refractivity contribution < 1.29 is 13.9 Å². The number of carbonyl (C=O) groups excluding carboxylic acids is 1. The second kappa shape index (κ2) is 9.18. The molecule has 0 radical (unpaired) electrons. The highest BCUT2D eigenvalue weighted by Gasteiger charge is 2.26. The Bertz CT molecular complexity index is 468. The third-order valence-corrected chi connectivity index (χ3v) is 3.98. The number of hydrogen-bond acceptors (Lipinski definition) is 4. The molecule has 1 aliphatic rings. The summed E-state index contributed by atoms with van der Waals surface area (Å²) in [5, 5.41) is 0. The minimum absolute atomic E-state index is 0. The molecule has 0 aliphatic carbocycles. The zero-order chi connectivity index (χ0) is 15.2. The van der Waals surface area contributed by atoms with Gasteiger partial charge in [0.05, 0.1) is 6.10 Å². The third kappa shape index (κ3) is 4.73. The summed E-state index contributed by atoms with van der Waals surface area (Å²) in [6.45, 7) is 6.85. The fourth-order valence-electron chi connectivity index (χ4n) is 2.69. The molecule has 2 N–H and O–H groups in total. The van der Waals surface area contributed by atoms with Crippen molar-refractivity contribution in [3.63, 3.8) is 0 Å². The van der Waals surface area contributed by atoms with E-state index in [4.69, 9.17) is 14.9 Å². The second-order valence-corrected chi connectivity index (χ2v) is 5.57. The van der Waals surface area contributed by atoms with Gasteiger partial charge in [-0.1, -0.05) is 6.92 Å². The first-order chi connectivity index (χ1) is 10.2. The van der Waals surface area contributed by atoms with Gasteiger partial charge in [-0.3, -0.25) is 4.79 Å². The maximum absolute atomic E-state index is 12.4. The van der Waals surface area contributed by atoms with Crippen LogP contribution in [0.1, 0.15) is 48.1 Å². The smallest absolute Gasteiger partial charge is 0.289 e. The predicted octanol–water partition coefficient (Wildman–Crippen LogP) is 2.54. The Morgan fingerprint density at radius 1 is 1.45 bits per heavy atom. The van der Waals surface area contributed by atoms with Crippen LogP contribution >= 0.6 is 12.4 Å². The van der Waals surface area contributed by atoms with Crippen LogP contribution in [-0.2, 0) is 11.2 Å². The van der Waals surface area contributed by atoms with Crippen molar-refractivity contribution in [2.24, 2.45) is 5.73 Å². The molecule has 0 saturated carbocycles. The van der Waals surface area contributed by atoms with Crippen molar-refractivity contribution in [2.45, 2.75) is 45.6 Å². The summed E-state index contributed by atoms with van der Waals surface area (Å²) in [7, 11) is 0. The summed E-state index contributed by atoms with van der Waals surface area (Å²) < 4.78 is 11.4. The summed E-state index contributed by atoms with van der Waals surface area (Å²) in [6, 6.07) is 1.85. The Kier molecular flexibility index (Phi) is 7.93. The molecule has 1 fully saturated rings.